The van der Waals surface area contributed by atoms with Crippen LogP contribution >= 0.6 is 11.6 Å². The molecule has 8 heteroatoms. The normalized spacial score (nSPS) is 26.0. The Labute approximate surface area is 156 Å². The van der Waals surface area contributed by atoms with Crippen LogP contribution in [0, 0.1) is 11.7 Å². The molecule has 26 heavy (non-hydrogen) atoms. The summed E-state index contributed by atoms with van der Waals surface area (Å²) in [6.07, 6.45) is -0.0899. The van der Waals surface area contributed by atoms with Gasteiger partial charge in [0.15, 0.2) is 0 Å². The summed E-state index contributed by atoms with van der Waals surface area (Å²) in [6, 6.07) is 3.47. The van der Waals surface area contributed by atoms with Gasteiger partial charge in [-0.15, -0.1) is 0 Å². The van der Waals surface area contributed by atoms with Crippen LogP contribution in [0.4, 0.5) is 4.39 Å². The summed E-state index contributed by atoms with van der Waals surface area (Å²) in [6.45, 7) is 2.17. The molecule has 3 atom stereocenters. The molecule has 1 heterocycles. The van der Waals surface area contributed by atoms with Gasteiger partial charge in [-0.1, -0.05) is 11.6 Å². The highest BCUT2D eigenvalue weighted by Gasteiger charge is 2.39. The highest BCUT2D eigenvalue weighted by atomic mass is 35.5. The molecule has 1 saturated heterocycles. The topological polar surface area (TPSA) is 78.9 Å². The van der Waals surface area contributed by atoms with E-state index in [0.29, 0.717) is 44.7 Å². The van der Waals surface area contributed by atoms with Gasteiger partial charge in [0.2, 0.25) is 11.8 Å². The molecule has 6 nitrogen and oxygen atoms in total. The number of hydrogen-bond acceptors (Lipinski definition) is 4. The zero-order valence-corrected chi connectivity index (χ0v) is 15.0. The van der Waals surface area contributed by atoms with Crippen LogP contribution in [-0.2, 0) is 20.7 Å². The van der Waals surface area contributed by atoms with E-state index in [4.69, 9.17) is 16.3 Å². The molecule has 1 aromatic carbocycles. The van der Waals surface area contributed by atoms with Crippen molar-refractivity contribution in [3.63, 3.8) is 0 Å². The maximum Gasteiger partial charge on any atom is 0.226 e. The molecular weight excluding hydrogens is 363 g/mol. The minimum Gasteiger partial charge on any atom is -0.391 e. The first-order chi connectivity index (χ1) is 12.4. The highest BCUT2D eigenvalue weighted by Crippen LogP contribution is 2.28. The smallest absolute Gasteiger partial charge is 0.226 e. The maximum absolute atomic E-state index is 13.4. The molecule has 0 unspecified atom stereocenters. The van der Waals surface area contributed by atoms with Crippen molar-refractivity contribution < 1.29 is 23.8 Å². The number of rotatable bonds is 4. The number of morpholine rings is 1. The lowest BCUT2D eigenvalue weighted by molar-refractivity contribution is -0.139. The molecule has 2 N–H and O–H groups in total. The van der Waals surface area contributed by atoms with Crippen LogP contribution in [0.2, 0.25) is 5.02 Å². The van der Waals surface area contributed by atoms with Gasteiger partial charge in [0.25, 0.3) is 0 Å². The second-order valence-corrected chi connectivity index (χ2v) is 7.24. The van der Waals surface area contributed by atoms with E-state index in [9.17, 15) is 19.1 Å². The second-order valence-electron chi connectivity index (χ2n) is 6.80. The molecule has 0 radical (unpaired) electrons. The zero-order valence-electron chi connectivity index (χ0n) is 14.3. The molecule has 0 aromatic heterocycles. The van der Waals surface area contributed by atoms with Crippen molar-refractivity contribution in [1.29, 1.82) is 0 Å². The standard InChI is InChI=1S/C18H22ClFN2O4/c19-13-5-11(6-14(20)10-13)7-17(24)21-15-8-12(9-16(15)23)18(25)22-1-3-26-4-2-22/h5-6,10,12,15-16,23H,1-4,7-9H2,(H,21,24)/t12-,15+,16+/m0/s1. The van der Waals surface area contributed by atoms with Crippen LogP contribution in [0.5, 0.6) is 0 Å². The quantitative estimate of drug-likeness (QED) is 0.816. The molecule has 1 aliphatic heterocycles. The van der Waals surface area contributed by atoms with E-state index in [2.05, 4.69) is 5.32 Å². The summed E-state index contributed by atoms with van der Waals surface area (Å²) in [4.78, 5) is 26.5. The van der Waals surface area contributed by atoms with Gasteiger partial charge in [-0.05, 0) is 36.6 Å². The van der Waals surface area contributed by atoms with E-state index in [0.717, 1.165) is 0 Å². The van der Waals surface area contributed by atoms with Crippen LogP contribution in [0.25, 0.3) is 0 Å². The molecule has 2 fully saturated rings. The van der Waals surface area contributed by atoms with Gasteiger partial charge in [0, 0.05) is 24.0 Å². The Morgan fingerprint density at radius 1 is 1.27 bits per heavy atom. The highest BCUT2D eigenvalue weighted by molar-refractivity contribution is 6.30. The van der Waals surface area contributed by atoms with Gasteiger partial charge in [-0.25, -0.2) is 4.39 Å². The van der Waals surface area contributed by atoms with E-state index in [1.54, 1.807) is 4.90 Å². The Balaban J connectivity index is 1.54. The predicted octanol–water partition coefficient (Wildman–Crippen LogP) is 1.14. The molecule has 2 aliphatic rings. The number of benzene rings is 1. The van der Waals surface area contributed by atoms with E-state index < -0.39 is 18.0 Å². The Morgan fingerprint density at radius 2 is 2.00 bits per heavy atom. The van der Waals surface area contributed by atoms with Crippen LogP contribution in [0.15, 0.2) is 18.2 Å². The van der Waals surface area contributed by atoms with E-state index >= 15 is 0 Å². The number of aliphatic hydroxyl groups excluding tert-OH is 1. The third kappa shape index (κ3) is 4.72. The number of hydrogen-bond donors (Lipinski definition) is 2. The van der Waals surface area contributed by atoms with Crippen LogP contribution in [-0.4, -0.2) is 60.3 Å². The van der Waals surface area contributed by atoms with E-state index in [-0.39, 0.29) is 29.2 Å². The first kappa shape index (κ1) is 19.1. The van der Waals surface area contributed by atoms with Crippen LogP contribution in [0.3, 0.4) is 0 Å². The lowest BCUT2D eigenvalue weighted by Gasteiger charge is -2.29. The van der Waals surface area contributed by atoms with Crippen molar-refractivity contribution >= 4 is 23.4 Å². The predicted molar refractivity (Wildman–Crippen MR) is 93.2 cm³/mol. The SMILES string of the molecule is O=C(Cc1cc(F)cc(Cl)c1)N[C@@H]1C[C@H](C(=O)N2CCOCC2)C[C@H]1O. The zero-order chi connectivity index (χ0) is 18.7. The minimum atomic E-state index is -0.773. The summed E-state index contributed by atoms with van der Waals surface area (Å²) in [5.74, 6) is -1.15. The Kier molecular flexibility index (Phi) is 6.11. The van der Waals surface area contributed by atoms with Gasteiger partial charge < -0.3 is 20.1 Å². The molecule has 3 rings (SSSR count). The van der Waals surface area contributed by atoms with Crippen molar-refractivity contribution in [1.82, 2.24) is 10.2 Å². The van der Waals surface area contributed by atoms with Crippen molar-refractivity contribution in [3.05, 3.63) is 34.6 Å². The van der Waals surface area contributed by atoms with Crippen molar-refractivity contribution in [3.8, 4) is 0 Å². The number of carbonyl (C=O) groups excluding carboxylic acids is 2. The summed E-state index contributed by atoms with van der Waals surface area (Å²) >= 11 is 5.79. The summed E-state index contributed by atoms with van der Waals surface area (Å²) in [5, 5.41) is 13.2. The lowest BCUT2D eigenvalue weighted by atomic mass is 10.1. The van der Waals surface area contributed by atoms with Crippen molar-refractivity contribution in [2.75, 3.05) is 26.3 Å². The fourth-order valence-electron chi connectivity index (χ4n) is 3.57. The average molecular weight is 385 g/mol. The summed E-state index contributed by atoms with van der Waals surface area (Å²) < 4.78 is 18.6. The van der Waals surface area contributed by atoms with Gasteiger partial charge >= 0.3 is 0 Å². The molecule has 1 aliphatic carbocycles. The molecule has 0 spiro atoms. The first-order valence-electron chi connectivity index (χ1n) is 8.71. The van der Waals surface area contributed by atoms with Gasteiger partial charge in [0.05, 0.1) is 31.8 Å². The molecule has 2 amide bonds. The molecule has 1 aromatic rings. The number of carbonyl (C=O) groups is 2. The Bertz CT molecular complexity index is 661. The first-order valence-corrected chi connectivity index (χ1v) is 9.09. The maximum atomic E-state index is 13.4. The molecule has 142 valence electrons. The number of ether oxygens (including phenoxy) is 1. The fraction of sp³-hybridized carbons (Fsp3) is 0.556. The Hall–Kier alpha value is -1.70. The number of halogens is 2. The minimum absolute atomic E-state index is 0.000936. The molecular formula is C18H22ClFN2O4. The Morgan fingerprint density at radius 3 is 2.69 bits per heavy atom. The van der Waals surface area contributed by atoms with Gasteiger partial charge in [0.1, 0.15) is 5.82 Å². The van der Waals surface area contributed by atoms with Crippen molar-refractivity contribution in [2.45, 2.75) is 31.4 Å². The summed E-state index contributed by atoms with van der Waals surface area (Å²) in [7, 11) is 0. The fourth-order valence-corrected chi connectivity index (χ4v) is 3.81. The van der Waals surface area contributed by atoms with Crippen LogP contribution in [0.1, 0.15) is 18.4 Å². The van der Waals surface area contributed by atoms with Gasteiger partial charge in [-0.3, -0.25) is 9.59 Å². The molecule has 1 saturated carbocycles. The second kappa shape index (κ2) is 8.33. The number of nitrogens with one attached hydrogen (secondary N) is 1. The van der Waals surface area contributed by atoms with Gasteiger partial charge in [-0.2, -0.15) is 0 Å². The monoisotopic (exact) mass is 384 g/mol. The number of nitrogens with zero attached hydrogens (tertiary/aromatic N) is 1. The van der Waals surface area contributed by atoms with E-state index in [1.165, 1.54) is 18.2 Å². The van der Waals surface area contributed by atoms with E-state index in [1.807, 2.05) is 0 Å². The third-order valence-electron chi connectivity index (χ3n) is 4.83. The number of aliphatic hydroxyl groups is 1. The molecule has 0 bridgehead atoms. The third-order valence-corrected chi connectivity index (χ3v) is 5.05. The van der Waals surface area contributed by atoms with Crippen molar-refractivity contribution in [2.24, 2.45) is 5.92 Å². The lowest BCUT2D eigenvalue weighted by Crippen LogP contribution is -2.44. The number of amides is 2. The average Bonchev–Trinajstić information content (AvgIpc) is 2.94. The largest absolute Gasteiger partial charge is 0.391 e. The summed E-state index contributed by atoms with van der Waals surface area (Å²) in [5.41, 5.74) is 0.459. The van der Waals surface area contributed by atoms with Crippen LogP contribution < -0.4 is 5.32 Å².